The van der Waals surface area contributed by atoms with Gasteiger partial charge in [0.2, 0.25) is 0 Å². The lowest BCUT2D eigenvalue weighted by atomic mass is 10.2. The van der Waals surface area contributed by atoms with Gasteiger partial charge in [0.25, 0.3) is 5.91 Å². The number of rotatable bonds is 8. The molecule has 0 atom stereocenters. The number of para-hydroxylation sites is 2. The molecule has 0 bridgehead atoms. The molecule has 0 saturated heterocycles. The Balaban J connectivity index is 1.92. The van der Waals surface area contributed by atoms with Crippen LogP contribution in [0, 0.1) is 6.92 Å². The van der Waals surface area contributed by atoms with E-state index in [2.05, 4.69) is 28.2 Å². The van der Waals surface area contributed by atoms with Crippen molar-refractivity contribution in [2.24, 2.45) is 0 Å². The van der Waals surface area contributed by atoms with Crippen molar-refractivity contribution in [2.45, 2.75) is 26.7 Å². The maximum Gasteiger partial charge on any atom is 0.262 e. The molecule has 0 heterocycles. The average molecular weight is 392 g/mol. The summed E-state index contributed by atoms with van der Waals surface area (Å²) in [4.78, 5) is 12.1. The SMILES string of the molecule is CCCCOc1ccccc1NC(=O)COc1ccc(C)cc1Br. The smallest absolute Gasteiger partial charge is 0.262 e. The summed E-state index contributed by atoms with van der Waals surface area (Å²) in [7, 11) is 0. The summed E-state index contributed by atoms with van der Waals surface area (Å²) in [5.74, 6) is 1.09. The Hall–Kier alpha value is -2.01. The third-order valence-corrected chi connectivity index (χ3v) is 3.98. The average Bonchev–Trinajstić information content (AvgIpc) is 2.56. The molecule has 0 fully saturated rings. The fourth-order valence-corrected chi connectivity index (χ4v) is 2.68. The van der Waals surface area contributed by atoms with Crippen LogP contribution in [0.15, 0.2) is 46.9 Å². The standard InChI is InChI=1S/C19H22BrNO3/c1-3-4-11-23-18-8-6-5-7-16(18)21-19(22)13-24-17-10-9-14(2)12-15(17)20/h5-10,12H,3-4,11,13H2,1-2H3,(H,21,22). The second-order valence-electron chi connectivity index (χ2n) is 5.47. The number of benzene rings is 2. The number of aryl methyl sites for hydroxylation is 1. The molecule has 0 unspecified atom stereocenters. The fraction of sp³-hybridized carbons (Fsp3) is 0.316. The number of amides is 1. The van der Waals surface area contributed by atoms with E-state index in [1.165, 1.54) is 0 Å². The van der Waals surface area contributed by atoms with Crippen molar-refractivity contribution in [1.82, 2.24) is 0 Å². The number of hydrogen-bond acceptors (Lipinski definition) is 3. The number of hydrogen-bond donors (Lipinski definition) is 1. The zero-order valence-corrected chi connectivity index (χ0v) is 15.6. The van der Waals surface area contributed by atoms with E-state index in [1.54, 1.807) is 0 Å². The van der Waals surface area contributed by atoms with E-state index in [0.717, 1.165) is 22.9 Å². The van der Waals surface area contributed by atoms with Gasteiger partial charge in [0.1, 0.15) is 11.5 Å². The van der Waals surface area contributed by atoms with Gasteiger partial charge in [-0.05, 0) is 59.1 Å². The first-order valence-electron chi connectivity index (χ1n) is 8.00. The molecular formula is C19H22BrNO3. The van der Waals surface area contributed by atoms with Gasteiger partial charge in [0.15, 0.2) is 6.61 Å². The predicted octanol–water partition coefficient (Wildman–Crippen LogP) is 4.95. The van der Waals surface area contributed by atoms with Gasteiger partial charge in [-0.15, -0.1) is 0 Å². The van der Waals surface area contributed by atoms with Crippen LogP contribution in [0.3, 0.4) is 0 Å². The zero-order valence-electron chi connectivity index (χ0n) is 14.0. The number of ether oxygens (including phenoxy) is 2. The Kier molecular flexibility index (Phi) is 7.12. The van der Waals surface area contributed by atoms with Crippen molar-refractivity contribution in [3.05, 3.63) is 52.5 Å². The van der Waals surface area contributed by atoms with E-state index in [9.17, 15) is 4.79 Å². The van der Waals surface area contributed by atoms with Gasteiger partial charge in [0.05, 0.1) is 16.8 Å². The molecule has 0 aliphatic heterocycles. The second-order valence-corrected chi connectivity index (χ2v) is 6.32. The van der Waals surface area contributed by atoms with Crippen LogP contribution in [-0.2, 0) is 4.79 Å². The van der Waals surface area contributed by atoms with Gasteiger partial charge in [0, 0.05) is 0 Å². The van der Waals surface area contributed by atoms with E-state index in [4.69, 9.17) is 9.47 Å². The lowest BCUT2D eigenvalue weighted by Crippen LogP contribution is -2.20. The van der Waals surface area contributed by atoms with E-state index >= 15 is 0 Å². The minimum absolute atomic E-state index is 0.0645. The topological polar surface area (TPSA) is 47.6 Å². The Morgan fingerprint density at radius 3 is 2.67 bits per heavy atom. The number of anilines is 1. The predicted molar refractivity (Wildman–Crippen MR) is 99.8 cm³/mol. The summed E-state index contributed by atoms with van der Waals surface area (Å²) in [5.41, 5.74) is 1.78. The molecule has 1 N–H and O–H groups in total. The molecule has 0 aliphatic carbocycles. The van der Waals surface area contributed by atoms with Crippen molar-refractivity contribution in [3.8, 4) is 11.5 Å². The minimum atomic E-state index is -0.228. The fourth-order valence-electron chi connectivity index (χ4n) is 2.07. The molecule has 128 valence electrons. The third kappa shape index (κ3) is 5.57. The summed E-state index contributed by atoms with van der Waals surface area (Å²) in [5, 5.41) is 2.83. The minimum Gasteiger partial charge on any atom is -0.491 e. The summed E-state index contributed by atoms with van der Waals surface area (Å²) in [6, 6.07) is 13.1. The Morgan fingerprint density at radius 1 is 1.12 bits per heavy atom. The largest absolute Gasteiger partial charge is 0.491 e. The van der Waals surface area contributed by atoms with Crippen LogP contribution >= 0.6 is 15.9 Å². The van der Waals surface area contributed by atoms with E-state index in [1.807, 2.05) is 49.4 Å². The van der Waals surface area contributed by atoms with Crippen molar-refractivity contribution >= 4 is 27.5 Å². The third-order valence-electron chi connectivity index (χ3n) is 3.36. The van der Waals surface area contributed by atoms with Crippen LogP contribution in [0.4, 0.5) is 5.69 Å². The highest BCUT2D eigenvalue weighted by Crippen LogP contribution is 2.26. The van der Waals surface area contributed by atoms with Crippen LogP contribution in [0.5, 0.6) is 11.5 Å². The molecule has 0 saturated carbocycles. The monoisotopic (exact) mass is 391 g/mol. The maximum absolute atomic E-state index is 12.1. The molecule has 2 rings (SSSR count). The highest BCUT2D eigenvalue weighted by atomic mass is 79.9. The highest BCUT2D eigenvalue weighted by molar-refractivity contribution is 9.10. The van der Waals surface area contributed by atoms with Gasteiger partial charge in [-0.25, -0.2) is 0 Å². The first-order valence-corrected chi connectivity index (χ1v) is 8.80. The number of carbonyl (C=O) groups excluding carboxylic acids is 1. The number of nitrogens with one attached hydrogen (secondary N) is 1. The molecule has 5 heteroatoms. The summed E-state index contributed by atoms with van der Waals surface area (Å²) in [6.45, 7) is 4.68. The van der Waals surface area contributed by atoms with Gasteiger partial charge in [-0.1, -0.05) is 31.5 Å². The second kappa shape index (κ2) is 9.33. The highest BCUT2D eigenvalue weighted by Gasteiger charge is 2.09. The van der Waals surface area contributed by atoms with Crippen LogP contribution in [0.2, 0.25) is 0 Å². The maximum atomic E-state index is 12.1. The molecule has 2 aromatic carbocycles. The van der Waals surface area contributed by atoms with Crippen LogP contribution in [-0.4, -0.2) is 19.1 Å². The van der Waals surface area contributed by atoms with Crippen molar-refractivity contribution < 1.29 is 14.3 Å². The Labute approximate surface area is 151 Å². The summed E-state index contributed by atoms with van der Waals surface area (Å²) < 4.78 is 12.1. The molecule has 0 aliphatic rings. The van der Waals surface area contributed by atoms with E-state index in [-0.39, 0.29) is 12.5 Å². The van der Waals surface area contributed by atoms with Gasteiger partial charge in [-0.2, -0.15) is 0 Å². The zero-order chi connectivity index (χ0) is 17.4. The Morgan fingerprint density at radius 2 is 1.92 bits per heavy atom. The first-order chi connectivity index (χ1) is 11.6. The number of halogens is 1. The summed E-state index contributed by atoms with van der Waals surface area (Å²) >= 11 is 3.43. The molecular weight excluding hydrogens is 370 g/mol. The number of carbonyl (C=O) groups is 1. The number of unbranched alkanes of at least 4 members (excludes halogenated alkanes) is 1. The van der Waals surface area contributed by atoms with Crippen molar-refractivity contribution in [3.63, 3.8) is 0 Å². The first kappa shape index (κ1) is 18.3. The van der Waals surface area contributed by atoms with Crippen LogP contribution in [0.1, 0.15) is 25.3 Å². The molecule has 0 aromatic heterocycles. The summed E-state index contributed by atoms with van der Waals surface area (Å²) in [6.07, 6.45) is 2.04. The quantitative estimate of drug-likeness (QED) is 0.647. The van der Waals surface area contributed by atoms with Gasteiger partial charge < -0.3 is 14.8 Å². The molecule has 4 nitrogen and oxygen atoms in total. The van der Waals surface area contributed by atoms with Crippen LogP contribution < -0.4 is 14.8 Å². The van der Waals surface area contributed by atoms with E-state index < -0.39 is 0 Å². The Bertz CT molecular complexity index is 688. The molecule has 2 aromatic rings. The lowest BCUT2D eigenvalue weighted by molar-refractivity contribution is -0.118. The molecule has 24 heavy (non-hydrogen) atoms. The van der Waals surface area contributed by atoms with Gasteiger partial charge in [-0.3, -0.25) is 4.79 Å². The molecule has 1 amide bonds. The van der Waals surface area contributed by atoms with Crippen LogP contribution in [0.25, 0.3) is 0 Å². The van der Waals surface area contributed by atoms with Crippen molar-refractivity contribution in [1.29, 1.82) is 0 Å². The lowest BCUT2D eigenvalue weighted by Gasteiger charge is -2.13. The van der Waals surface area contributed by atoms with Crippen molar-refractivity contribution in [2.75, 3.05) is 18.5 Å². The van der Waals surface area contributed by atoms with Gasteiger partial charge >= 0.3 is 0 Å². The van der Waals surface area contributed by atoms with E-state index in [0.29, 0.717) is 23.8 Å². The molecule has 0 radical (unpaired) electrons. The molecule has 0 spiro atoms. The normalized spacial score (nSPS) is 10.3.